The van der Waals surface area contributed by atoms with Crippen LogP contribution in [0.1, 0.15) is 52.9 Å². The maximum atomic E-state index is 11.7. The predicted molar refractivity (Wildman–Crippen MR) is 77.8 cm³/mol. The standard InChI is InChI=1S/C15H28N2O3/c1-15(2,3)20-14(18)17-12-7-6-11(9-12)16-13-5-4-8-19-10-13/h11-13,16H,4-10H2,1-3H3,(H,17,18). The van der Waals surface area contributed by atoms with Gasteiger partial charge in [0.25, 0.3) is 0 Å². The SMILES string of the molecule is CC(C)(C)OC(=O)NC1CCC(NC2CCCOC2)C1. The first-order valence-electron chi connectivity index (χ1n) is 7.76. The van der Waals surface area contributed by atoms with E-state index in [0.717, 1.165) is 38.9 Å². The van der Waals surface area contributed by atoms with Gasteiger partial charge in [-0.1, -0.05) is 0 Å². The Hall–Kier alpha value is -0.810. The maximum absolute atomic E-state index is 11.7. The Bertz CT molecular complexity index is 322. The summed E-state index contributed by atoms with van der Waals surface area (Å²) >= 11 is 0. The number of amides is 1. The summed E-state index contributed by atoms with van der Waals surface area (Å²) in [5.41, 5.74) is -0.431. The monoisotopic (exact) mass is 284 g/mol. The fourth-order valence-electron chi connectivity index (χ4n) is 2.94. The Kier molecular flexibility index (Phi) is 5.27. The predicted octanol–water partition coefficient (Wildman–Crippen LogP) is 2.20. The number of carbonyl (C=O) groups excluding carboxylic acids is 1. The molecule has 0 radical (unpaired) electrons. The lowest BCUT2D eigenvalue weighted by molar-refractivity contribution is 0.0503. The van der Waals surface area contributed by atoms with Gasteiger partial charge in [0.05, 0.1) is 6.61 Å². The molecule has 1 aliphatic heterocycles. The molecule has 1 saturated heterocycles. The average molecular weight is 284 g/mol. The van der Waals surface area contributed by atoms with E-state index in [9.17, 15) is 4.79 Å². The lowest BCUT2D eigenvalue weighted by Gasteiger charge is -2.26. The zero-order chi connectivity index (χ0) is 14.6. The molecule has 1 amide bonds. The van der Waals surface area contributed by atoms with Gasteiger partial charge in [-0.3, -0.25) is 0 Å². The molecule has 2 fully saturated rings. The second kappa shape index (κ2) is 6.76. The molecule has 3 atom stereocenters. The summed E-state index contributed by atoms with van der Waals surface area (Å²) in [7, 11) is 0. The Labute approximate surface area is 121 Å². The van der Waals surface area contributed by atoms with Crippen molar-refractivity contribution in [1.82, 2.24) is 10.6 Å². The first kappa shape index (κ1) is 15.6. The molecule has 0 spiro atoms. The summed E-state index contributed by atoms with van der Waals surface area (Å²) in [6, 6.07) is 1.20. The minimum absolute atomic E-state index is 0.229. The number of nitrogens with one attached hydrogen (secondary N) is 2. The smallest absolute Gasteiger partial charge is 0.407 e. The zero-order valence-corrected chi connectivity index (χ0v) is 12.9. The van der Waals surface area contributed by atoms with E-state index in [0.29, 0.717) is 12.1 Å². The second-order valence-corrected chi connectivity index (χ2v) is 6.93. The number of hydrogen-bond donors (Lipinski definition) is 2. The van der Waals surface area contributed by atoms with Crippen molar-refractivity contribution in [1.29, 1.82) is 0 Å². The molecular formula is C15H28N2O3. The minimum atomic E-state index is -0.431. The summed E-state index contributed by atoms with van der Waals surface area (Å²) in [4.78, 5) is 11.7. The molecule has 2 N–H and O–H groups in total. The van der Waals surface area contributed by atoms with E-state index in [1.54, 1.807) is 0 Å². The number of carbonyl (C=O) groups is 1. The molecule has 5 nitrogen and oxygen atoms in total. The Balaban J connectivity index is 1.68. The molecule has 2 aliphatic rings. The highest BCUT2D eigenvalue weighted by Gasteiger charge is 2.29. The van der Waals surface area contributed by atoms with Crippen molar-refractivity contribution in [3.8, 4) is 0 Å². The van der Waals surface area contributed by atoms with Gasteiger partial charge in [-0.25, -0.2) is 4.79 Å². The summed E-state index contributed by atoms with van der Waals surface area (Å²) in [6.07, 6.45) is 5.14. The molecule has 0 aromatic heterocycles. The Morgan fingerprint density at radius 2 is 1.90 bits per heavy atom. The zero-order valence-electron chi connectivity index (χ0n) is 12.9. The van der Waals surface area contributed by atoms with Gasteiger partial charge in [0, 0.05) is 24.7 Å². The Morgan fingerprint density at radius 3 is 2.55 bits per heavy atom. The highest BCUT2D eigenvalue weighted by atomic mass is 16.6. The first-order chi connectivity index (χ1) is 9.42. The quantitative estimate of drug-likeness (QED) is 0.834. The number of alkyl carbamates (subject to hydrolysis) is 1. The molecule has 1 aliphatic carbocycles. The molecule has 1 heterocycles. The van der Waals surface area contributed by atoms with Crippen molar-refractivity contribution in [3.05, 3.63) is 0 Å². The number of ether oxygens (including phenoxy) is 2. The number of hydrogen-bond acceptors (Lipinski definition) is 4. The van der Waals surface area contributed by atoms with Crippen molar-refractivity contribution in [2.75, 3.05) is 13.2 Å². The van der Waals surface area contributed by atoms with Crippen molar-refractivity contribution in [2.24, 2.45) is 0 Å². The molecule has 0 aromatic rings. The van der Waals surface area contributed by atoms with Crippen molar-refractivity contribution < 1.29 is 14.3 Å². The van der Waals surface area contributed by atoms with Crippen LogP contribution in [0.3, 0.4) is 0 Å². The van der Waals surface area contributed by atoms with Gasteiger partial charge in [-0.2, -0.15) is 0 Å². The van der Waals surface area contributed by atoms with Crippen LogP contribution in [0.5, 0.6) is 0 Å². The van der Waals surface area contributed by atoms with Crippen LogP contribution in [-0.4, -0.2) is 43.0 Å². The van der Waals surface area contributed by atoms with Crippen LogP contribution in [0.2, 0.25) is 0 Å². The van der Waals surface area contributed by atoms with Crippen LogP contribution in [0.15, 0.2) is 0 Å². The normalized spacial score (nSPS) is 31.1. The topological polar surface area (TPSA) is 59.6 Å². The lowest BCUT2D eigenvalue weighted by atomic mass is 10.1. The molecule has 116 valence electrons. The van der Waals surface area contributed by atoms with Crippen LogP contribution >= 0.6 is 0 Å². The van der Waals surface area contributed by atoms with E-state index < -0.39 is 5.60 Å². The molecule has 5 heteroatoms. The van der Waals surface area contributed by atoms with Crippen LogP contribution in [0, 0.1) is 0 Å². The molecule has 2 rings (SSSR count). The Morgan fingerprint density at radius 1 is 1.15 bits per heavy atom. The van der Waals surface area contributed by atoms with Gasteiger partial charge in [-0.05, 0) is 52.9 Å². The maximum Gasteiger partial charge on any atom is 0.407 e. The van der Waals surface area contributed by atoms with Crippen LogP contribution in [0.4, 0.5) is 4.79 Å². The first-order valence-corrected chi connectivity index (χ1v) is 7.76. The number of rotatable bonds is 3. The molecule has 1 saturated carbocycles. The van der Waals surface area contributed by atoms with E-state index >= 15 is 0 Å². The summed E-state index contributed by atoms with van der Waals surface area (Å²) in [5, 5.41) is 6.62. The largest absolute Gasteiger partial charge is 0.444 e. The van der Waals surface area contributed by atoms with Crippen molar-refractivity contribution in [2.45, 2.75) is 76.6 Å². The van der Waals surface area contributed by atoms with Crippen LogP contribution < -0.4 is 10.6 Å². The van der Waals surface area contributed by atoms with E-state index in [1.807, 2.05) is 20.8 Å². The van der Waals surface area contributed by atoms with Crippen molar-refractivity contribution in [3.63, 3.8) is 0 Å². The van der Waals surface area contributed by atoms with E-state index in [-0.39, 0.29) is 12.1 Å². The molecular weight excluding hydrogens is 256 g/mol. The summed E-state index contributed by atoms with van der Waals surface area (Å²) < 4.78 is 10.8. The third-order valence-electron chi connectivity index (χ3n) is 3.79. The third kappa shape index (κ3) is 5.29. The molecule has 0 bridgehead atoms. The third-order valence-corrected chi connectivity index (χ3v) is 3.79. The fraction of sp³-hybridized carbons (Fsp3) is 0.933. The van der Waals surface area contributed by atoms with Gasteiger partial charge in [-0.15, -0.1) is 0 Å². The highest BCUT2D eigenvalue weighted by molar-refractivity contribution is 5.68. The van der Waals surface area contributed by atoms with Gasteiger partial charge in [0.1, 0.15) is 5.60 Å². The molecule has 3 unspecified atom stereocenters. The van der Waals surface area contributed by atoms with Crippen LogP contribution in [0.25, 0.3) is 0 Å². The summed E-state index contributed by atoms with van der Waals surface area (Å²) in [5.74, 6) is 0. The van der Waals surface area contributed by atoms with Gasteiger partial charge in [0.2, 0.25) is 0 Å². The van der Waals surface area contributed by atoms with E-state index in [4.69, 9.17) is 9.47 Å². The van der Waals surface area contributed by atoms with Gasteiger partial charge >= 0.3 is 6.09 Å². The molecule has 0 aromatic carbocycles. The van der Waals surface area contributed by atoms with Gasteiger partial charge < -0.3 is 20.1 Å². The van der Waals surface area contributed by atoms with Crippen molar-refractivity contribution >= 4 is 6.09 Å². The van der Waals surface area contributed by atoms with E-state index in [2.05, 4.69) is 10.6 Å². The van der Waals surface area contributed by atoms with Gasteiger partial charge in [0.15, 0.2) is 0 Å². The van der Waals surface area contributed by atoms with E-state index in [1.165, 1.54) is 6.42 Å². The fourth-order valence-corrected chi connectivity index (χ4v) is 2.94. The highest BCUT2D eigenvalue weighted by Crippen LogP contribution is 2.21. The second-order valence-electron chi connectivity index (χ2n) is 6.93. The summed E-state index contributed by atoms with van der Waals surface area (Å²) in [6.45, 7) is 7.37. The van der Waals surface area contributed by atoms with Crippen LogP contribution in [-0.2, 0) is 9.47 Å². The lowest BCUT2D eigenvalue weighted by Crippen LogP contribution is -2.43. The minimum Gasteiger partial charge on any atom is -0.444 e. The average Bonchev–Trinajstić information content (AvgIpc) is 2.75. The molecule has 20 heavy (non-hydrogen) atoms.